The molecular formula is C9H9BrN4O2. The van der Waals surface area contributed by atoms with Crippen molar-refractivity contribution in [1.29, 1.82) is 0 Å². The number of aromatic amines is 1. The number of pyridine rings is 1. The Morgan fingerprint density at radius 2 is 2.38 bits per heavy atom. The summed E-state index contributed by atoms with van der Waals surface area (Å²) < 4.78 is 0.788. The molecule has 2 aromatic rings. The first-order valence-electron chi connectivity index (χ1n) is 4.45. The summed E-state index contributed by atoms with van der Waals surface area (Å²) in [6.45, 7) is 0. The zero-order valence-electron chi connectivity index (χ0n) is 8.69. The van der Waals surface area contributed by atoms with Crippen LogP contribution < -0.4 is 0 Å². The average molecular weight is 285 g/mol. The van der Waals surface area contributed by atoms with E-state index < -0.39 is 0 Å². The molecule has 2 rings (SSSR count). The van der Waals surface area contributed by atoms with Crippen molar-refractivity contribution in [2.75, 3.05) is 14.2 Å². The summed E-state index contributed by atoms with van der Waals surface area (Å²) in [5.41, 5.74) is 0.851. The fourth-order valence-electron chi connectivity index (χ4n) is 1.27. The Bertz CT molecular complexity index is 539. The SMILES string of the molecule is CON(C)C(=O)c1n[nH]c2ncc(Br)cc12. The quantitative estimate of drug-likeness (QED) is 0.845. The molecule has 7 heteroatoms. The first-order valence-corrected chi connectivity index (χ1v) is 5.24. The van der Waals surface area contributed by atoms with Crippen LogP contribution in [0.5, 0.6) is 0 Å². The molecule has 0 radical (unpaired) electrons. The van der Waals surface area contributed by atoms with Gasteiger partial charge in [-0.2, -0.15) is 5.10 Å². The molecule has 0 aliphatic carbocycles. The molecule has 0 aliphatic rings. The lowest BCUT2D eigenvalue weighted by Gasteiger charge is -2.11. The Kier molecular flexibility index (Phi) is 2.88. The van der Waals surface area contributed by atoms with Crippen LogP contribution in [-0.2, 0) is 4.84 Å². The van der Waals surface area contributed by atoms with Gasteiger partial charge in [-0.3, -0.25) is 14.7 Å². The largest absolute Gasteiger partial charge is 0.298 e. The second-order valence-corrected chi connectivity index (χ2v) is 4.02. The average Bonchev–Trinajstić information content (AvgIpc) is 2.69. The van der Waals surface area contributed by atoms with Crippen molar-refractivity contribution < 1.29 is 9.63 Å². The molecular weight excluding hydrogens is 276 g/mol. The van der Waals surface area contributed by atoms with E-state index in [1.54, 1.807) is 12.3 Å². The van der Waals surface area contributed by atoms with Gasteiger partial charge in [-0.05, 0) is 22.0 Å². The van der Waals surface area contributed by atoms with Gasteiger partial charge in [0.2, 0.25) is 0 Å². The Labute approximate surface area is 99.7 Å². The molecule has 1 N–H and O–H groups in total. The van der Waals surface area contributed by atoms with E-state index in [1.165, 1.54) is 14.2 Å². The summed E-state index contributed by atoms with van der Waals surface area (Å²) in [6.07, 6.45) is 1.63. The van der Waals surface area contributed by atoms with E-state index in [0.717, 1.165) is 9.54 Å². The smallest absolute Gasteiger partial charge is 0.274 e. The molecule has 16 heavy (non-hydrogen) atoms. The maximum atomic E-state index is 11.8. The minimum absolute atomic E-state index is 0.285. The number of hydrogen-bond acceptors (Lipinski definition) is 4. The van der Waals surface area contributed by atoms with Crippen molar-refractivity contribution >= 4 is 32.9 Å². The molecule has 0 spiro atoms. The molecule has 2 heterocycles. The molecule has 0 aromatic carbocycles. The van der Waals surface area contributed by atoms with Gasteiger partial charge < -0.3 is 0 Å². The van der Waals surface area contributed by atoms with Gasteiger partial charge in [0.1, 0.15) is 0 Å². The lowest BCUT2D eigenvalue weighted by molar-refractivity contribution is -0.0759. The van der Waals surface area contributed by atoms with Gasteiger partial charge in [0, 0.05) is 17.7 Å². The van der Waals surface area contributed by atoms with E-state index in [4.69, 9.17) is 4.84 Å². The predicted molar refractivity (Wildman–Crippen MR) is 60.7 cm³/mol. The lowest BCUT2D eigenvalue weighted by Crippen LogP contribution is -2.25. The van der Waals surface area contributed by atoms with Gasteiger partial charge in [-0.25, -0.2) is 10.0 Å². The number of hydrogen-bond donors (Lipinski definition) is 1. The number of carbonyl (C=O) groups excluding carboxylic acids is 1. The van der Waals surface area contributed by atoms with E-state index in [0.29, 0.717) is 11.0 Å². The number of carbonyl (C=O) groups is 1. The highest BCUT2D eigenvalue weighted by Gasteiger charge is 2.18. The number of rotatable bonds is 2. The predicted octanol–water partition coefficient (Wildman–Crippen LogP) is 1.35. The second kappa shape index (κ2) is 4.18. The van der Waals surface area contributed by atoms with Crippen molar-refractivity contribution in [3.8, 4) is 0 Å². The van der Waals surface area contributed by atoms with Gasteiger partial charge in [0.05, 0.1) is 12.5 Å². The Morgan fingerprint density at radius 1 is 1.62 bits per heavy atom. The molecule has 0 unspecified atom stereocenters. The Morgan fingerprint density at radius 3 is 3.06 bits per heavy atom. The molecule has 0 atom stereocenters. The van der Waals surface area contributed by atoms with Crippen LogP contribution in [0.4, 0.5) is 0 Å². The highest BCUT2D eigenvalue weighted by atomic mass is 79.9. The summed E-state index contributed by atoms with van der Waals surface area (Å²) in [7, 11) is 2.94. The number of fused-ring (bicyclic) bond motifs is 1. The van der Waals surface area contributed by atoms with Crippen LogP contribution in [-0.4, -0.2) is 40.3 Å². The van der Waals surface area contributed by atoms with Gasteiger partial charge in [-0.15, -0.1) is 0 Å². The summed E-state index contributed by atoms with van der Waals surface area (Å²) >= 11 is 3.29. The number of halogens is 1. The highest BCUT2D eigenvalue weighted by molar-refractivity contribution is 9.10. The molecule has 2 aromatic heterocycles. The molecule has 84 valence electrons. The summed E-state index contributed by atoms with van der Waals surface area (Å²) in [6, 6.07) is 1.78. The van der Waals surface area contributed by atoms with Gasteiger partial charge in [0.15, 0.2) is 11.3 Å². The molecule has 0 aliphatic heterocycles. The monoisotopic (exact) mass is 284 g/mol. The second-order valence-electron chi connectivity index (χ2n) is 3.11. The molecule has 0 bridgehead atoms. The van der Waals surface area contributed by atoms with Crippen molar-refractivity contribution in [2.45, 2.75) is 0 Å². The third kappa shape index (κ3) is 1.79. The number of nitrogens with one attached hydrogen (secondary N) is 1. The van der Waals surface area contributed by atoms with Gasteiger partial charge >= 0.3 is 0 Å². The first-order chi connectivity index (χ1) is 7.63. The zero-order chi connectivity index (χ0) is 11.7. The van der Waals surface area contributed by atoms with Gasteiger partial charge in [0.25, 0.3) is 5.91 Å². The maximum absolute atomic E-state index is 11.8. The van der Waals surface area contributed by atoms with E-state index in [-0.39, 0.29) is 11.6 Å². The molecule has 6 nitrogen and oxygen atoms in total. The standard InChI is InChI=1S/C9H9BrN4O2/c1-14(16-2)9(15)7-6-3-5(10)4-11-8(6)13-12-7/h3-4H,1-2H3,(H,11,12,13). The van der Waals surface area contributed by atoms with Crippen LogP contribution in [0.3, 0.4) is 0 Å². The Balaban J connectivity index is 2.53. The molecule has 0 saturated heterocycles. The van der Waals surface area contributed by atoms with Crippen molar-refractivity contribution in [2.24, 2.45) is 0 Å². The van der Waals surface area contributed by atoms with E-state index >= 15 is 0 Å². The first kappa shape index (κ1) is 11.0. The number of hydroxylamine groups is 2. The van der Waals surface area contributed by atoms with Crippen LogP contribution in [0, 0.1) is 0 Å². The number of nitrogens with zero attached hydrogens (tertiary/aromatic N) is 3. The van der Waals surface area contributed by atoms with Crippen molar-refractivity contribution in [1.82, 2.24) is 20.2 Å². The maximum Gasteiger partial charge on any atom is 0.298 e. The number of aromatic nitrogens is 3. The van der Waals surface area contributed by atoms with Crippen LogP contribution in [0.1, 0.15) is 10.5 Å². The minimum Gasteiger partial charge on any atom is -0.274 e. The minimum atomic E-state index is -0.325. The van der Waals surface area contributed by atoms with E-state index in [2.05, 4.69) is 31.1 Å². The van der Waals surface area contributed by atoms with Crippen LogP contribution in [0.2, 0.25) is 0 Å². The van der Waals surface area contributed by atoms with E-state index in [1.807, 2.05) is 0 Å². The Hall–Kier alpha value is -1.47. The topological polar surface area (TPSA) is 71.1 Å². The number of H-pyrrole nitrogens is 1. The summed E-state index contributed by atoms with van der Waals surface area (Å²) in [5.74, 6) is -0.325. The normalized spacial score (nSPS) is 10.7. The molecule has 0 saturated carbocycles. The van der Waals surface area contributed by atoms with Crippen molar-refractivity contribution in [3.63, 3.8) is 0 Å². The van der Waals surface area contributed by atoms with Crippen LogP contribution in [0.25, 0.3) is 11.0 Å². The summed E-state index contributed by atoms with van der Waals surface area (Å²) in [4.78, 5) is 20.7. The molecule has 1 amide bonds. The summed E-state index contributed by atoms with van der Waals surface area (Å²) in [5, 5.41) is 8.38. The van der Waals surface area contributed by atoms with Crippen LogP contribution in [0.15, 0.2) is 16.7 Å². The zero-order valence-corrected chi connectivity index (χ0v) is 10.3. The fourth-order valence-corrected chi connectivity index (χ4v) is 1.60. The van der Waals surface area contributed by atoms with Crippen LogP contribution >= 0.6 is 15.9 Å². The highest BCUT2D eigenvalue weighted by Crippen LogP contribution is 2.19. The third-order valence-electron chi connectivity index (χ3n) is 2.15. The van der Waals surface area contributed by atoms with Gasteiger partial charge in [-0.1, -0.05) is 0 Å². The third-order valence-corrected chi connectivity index (χ3v) is 2.58. The van der Waals surface area contributed by atoms with E-state index in [9.17, 15) is 4.79 Å². The molecule has 0 fully saturated rings. The number of amides is 1. The lowest BCUT2D eigenvalue weighted by atomic mass is 10.2. The van der Waals surface area contributed by atoms with Crippen molar-refractivity contribution in [3.05, 3.63) is 22.4 Å². The fraction of sp³-hybridized carbons (Fsp3) is 0.222.